The van der Waals surface area contributed by atoms with E-state index in [1.807, 2.05) is 0 Å². The second-order valence-corrected chi connectivity index (χ2v) is 9.05. The lowest BCUT2D eigenvalue weighted by Crippen LogP contribution is -2.42. The summed E-state index contributed by atoms with van der Waals surface area (Å²) in [6.45, 7) is 1.49. The summed E-state index contributed by atoms with van der Waals surface area (Å²) < 4.78 is 0. The smallest absolute Gasteiger partial charge is 0.253 e. The molecule has 1 aromatic heterocycles. The number of hydrogen-bond acceptors (Lipinski definition) is 7. The van der Waals surface area contributed by atoms with Gasteiger partial charge in [-0.05, 0) is 68.4 Å². The standard InChI is InChI=1S/C24H26N6O3/c25-15-24(17-5-6-17)10-13-30(22(24)33)20-9-11-26-23(28-20)27-18-7-3-16(4-8-18)21(32)29-12-1-2-19(31)14-29/h3-4,7-9,11,17,19,31H,1-2,5-6,10,12-14H2,(H,26,27,28)/t19-,24+/m0/s1. The van der Waals surface area contributed by atoms with Crippen LogP contribution in [0.4, 0.5) is 17.5 Å². The van der Waals surface area contributed by atoms with Crippen LogP contribution >= 0.6 is 0 Å². The average Bonchev–Trinajstić information content (AvgIpc) is 3.63. The Hall–Kier alpha value is -3.51. The van der Waals surface area contributed by atoms with Crippen molar-refractivity contribution >= 4 is 29.3 Å². The van der Waals surface area contributed by atoms with Gasteiger partial charge in [-0.15, -0.1) is 0 Å². The average molecular weight is 447 g/mol. The first kappa shape index (κ1) is 21.3. The number of nitrogens with zero attached hydrogens (tertiary/aromatic N) is 5. The van der Waals surface area contributed by atoms with Crippen molar-refractivity contribution in [2.45, 2.75) is 38.2 Å². The zero-order valence-corrected chi connectivity index (χ0v) is 18.3. The molecule has 1 aliphatic carbocycles. The van der Waals surface area contributed by atoms with E-state index in [1.165, 1.54) is 0 Å². The number of aliphatic hydroxyl groups excluding tert-OH is 1. The molecule has 2 aromatic rings. The number of hydrogen-bond donors (Lipinski definition) is 2. The second kappa shape index (κ2) is 8.45. The molecule has 9 heteroatoms. The zero-order valence-electron chi connectivity index (χ0n) is 18.3. The monoisotopic (exact) mass is 446 g/mol. The molecule has 33 heavy (non-hydrogen) atoms. The lowest BCUT2D eigenvalue weighted by molar-refractivity contribution is -0.123. The van der Waals surface area contributed by atoms with Gasteiger partial charge in [0.15, 0.2) is 0 Å². The highest BCUT2D eigenvalue weighted by Gasteiger charge is 2.57. The molecule has 2 N–H and O–H groups in total. The van der Waals surface area contributed by atoms with Crippen molar-refractivity contribution < 1.29 is 14.7 Å². The molecule has 3 aliphatic rings. The quantitative estimate of drug-likeness (QED) is 0.723. The van der Waals surface area contributed by atoms with Gasteiger partial charge in [0.05, 0.1) is 12.2 Å². The van der Waals surface area contributed by atoms with Gasteiger partial charge in [-0.2, -0.15) is 10.2 Å². The van der Waals surface area contributed by atoms with E-state index in [4.69, 9.17) is 0 Å². The summed E-state index contributed by atoms with van der Waals surface area (Å²) in [6.07, 6.45) is 5.05. The Kier molecular flexibility index (Phi) is 5.46. The maximum Gasteiger partial charge on any atom is 0.253 e. The van der Waals surface area contributed by atoms with Crippen LogP contribution < -0.4 is 10.2 Å². The molecule has 170 valence electrons. The lowest BCUT2D eigenvalue weighted by atomic mass is 9.83. The molecule has 9 nitrogen and oxygen atoms in total. The van der Waals surface area contributed by atoms with Crippen LogP contribution in [0.1, 0.15) is 42.5 Å². The molecule has 0 radical (unpaired) electrons. The lowest BCUT2D eigenvalue weighted by Gasteiger charge is -2.30. The van der Waals surface area contributed by atoms with E-state index in [0.717, 1.165) is 25.7 Å². The number of aromatic nitrogens is 2. The molecule has 5 rings (SSSR count). The highest BCUT2D eigenvalue weighted by atomic mass is 16.3. The van der Waals surface area contributed by atoms with Gasteiger partial charge < -0.3 is 15.3 Å². The van der Waals surface area contributed by atoms with Crippen LogP contribution in [0.3, 0.4) is 0 Å². The highest BCUT2D eigenvalue weighted by Crippen LogP contribution is 2.51. The maximum atomic E-state index is 13.0. The summed E-state index contributed by atoms with van der Waals surface area (Å²) in [5, 5.41) is 22.6. The van der Waals surface area contributed by atoms with Crippen molar-refractivity contribution in [3.63, 3.8) is 0 Å². The van der Waals surface area contributed by atoms with Crippen molar-refractivity contribution in [2.24, 2.45) is 11.3 Å². The van der Waals surface area contributed by atoms with E-state index in [1.54, 1.807) is 46.3 Å². The number of anilines is 3. The molecule has 3 heterocycles. The minimum atomic E-state index is -0.911. The molecule has 2 atom stereocenters. The van der Waals surface area contributed by atoms with Crippen molar-refractivity contribution in [1.82, 2.24) is 14.9 Å². The van der Waals surface area contributed by atoms with Gasteiger partial charge in [0.2, 0.25) is 11.9 Å². The fourth-order valence-electron chi connectivity index (χ4n) is 4.81. The van der Waals surface area contributed by atoms with Crippen LogP contribution in [0.5, 0.6) is 0 Å². The fourth-order valence-corrected chi connectivity index (χ4v) is 4.81. The molecular formula is C24H26N6O3. The molecule has 0 unspecified atom stereocenters. The Labute approximate surface area is 192 Å². The Morgan fingerprint density at radius 2 is 1.97 bits per heavy atom. The molecule has 0 bridgehead atoms. The number of nitrogens with one attached hydrogen (secondary N) is 1. The molecule has 1 aromatic carbocycles. The summed E-state index contributed by atoms with van der Waals surface area (Å²) in [5.41, 5.74) is 0.352. The Morgan fingerprint density at radius 1 is 1.18 bits per heavy atom. The molecule has 2 amide bonds. The first-order chi connectivity index (χ1) is 16.0. The van der Waals surface area contributed by atoms with Crippen molar-refractivity contribution in [3.05, 3.63) is 42.1 Å². The van der Waals surface area contributed by atoms with E-state index in [0.29, 0.717) is 49.1 Å². The predicted molar refractivity (Wildman–Crippen MR) is 121 cm³/mol. The van der Waals surface area contributed by atoms with Crippen LogP contribution in [0, 0.1) is 22.7 Å². The van der Waals surface area contributed by atoms with Crippen LogP contribution in [-0.2, 0) is 4.79 Å². The number of piperidine rings is 1. The normalized spacial score (nSPS) is 25.1. The third kappa shape index (κ3) is 4.02. The molecule has 2 saturated heterocycles. The first-order valence-corrected chi connectivity index (χ1v) is 11.4. The minimum absolute atomic E-state index is 0.0947. The van der Waals surface area contributed by atoms with Gasteiger partial charge in [-0.25, -0.2) is 4.98 Å². The third-order valence-corrected chi connectivity index (χ3v) is 6.82. The van der Waals surface area contributed by atoms with Gasteiger partial charge in [0.1, 0.15) is 11.2 Å². The number of carbonyl (C=O) groups excluding carboxylic acids is 2. The molecule has 3 fully saturated rings. The Balaban J connectivity index is 1.27. The van der Waals surface area contributed by atoms with Crippen molar-refractivity contribution in [2.75, 3.05) is 29.9 Å². The van der Waals surface area contributed by atoms with E-state index < -0.39 is 11.5 Å². The number of nitriles is 1. The number of aliphatic hydroxyl groups is 1. The second-order valence-electron chi connectivity index (χ2n) is 9.05. The van der Waals surface area contributed by atoms with E-state index in [-0.39, 0.29) is 17.7 Å². The summed E-state index contributed by atoms with van der Waals surface area (Å²) in [6, 6.07) is 11.0. The van der Waals surface area contributed by atoms with E-state index >= 15 is 0 Å². The van der Waals surface area contributed by atoms with Crippen LogP contribution in [-0.4, -0.2) is 57.5 Å². The van der Waals surface area contributed by atoms with Gasteiger partial charge >= 0.3 is 0 Å². The molecule has 2 aliphatic heterocycles. The number of benzene rings is 1. The maximum absolute atomic E-state index is 13.0. The van der Waals surface area contributed by atoms with Gasteiger partial charge in [-0.1, -0.05) is 0 Å². The van der Waals surface area contributed by atoms with Crippen LogP contribution in [0.15, 0.2) is 36.5 Å². The summed E-state index contributed by atoms with van der Waals surface area (Å²) >= 11 is 0. The molecule has 1 saturated carbocycles. The Bertz CT molecular complexity index is 1110. The fraction of sp³-hybridized carbons (Fsp3) is 0.458. The van der Waals surface area contributed by atoms with Crippen LogP contribution in [0.25, 0.3) is 0 Å². The van der Waals surface area contributed by atoms with Gasteiger partial charge in [-0.3, -0.25) is 14.5 Å². The predicted octanol–water partition coefficient (Wildman–Crippen LogP) is 2.47. The number of rotatable bonds is 5. The van der Waals surface area contributed by atoms with E-state index in [9.17, 15) is 20.0 Å². The van der Waals surface area contributed by atoms with Gasteiger partial charge in [0.25, 0.3) is 5.91 Å². The zero-order chi connectivity index (χ0) is 23.0. The SMILES string of the molecule is N#C[C@@]1(C2CC2)CCN(c2ccnc(Nc3ccc(C(=O)N4CCC[C@H](O)C4)cc3)n2)C1=O. The largest absolute Gasteiger partial charge is 0.391 e. The minimum Gasteiger partial charge on any atom is -0.391 e. The van der Waals surface area contributed by atoms with Crippen LogP contribution in [0.2, 0.25) is 0 Å². The number of β-amino-alcohol motifs (C(OH)–C–C–N with tert-alkyl or cyclic N) is 1. The Morgan fingerprint density at radius 3 is 2.67 bits per heavy atom. The third-order valence-electron chi connectivity index (χ3n) is 6.82. The number of carbonyl (C=O) groups is 2. The summed E-state index contributed by atoms with van der Waals surface area (Å²) in [4.78, 5) is 37.7. The highest BCUT2D eigenvalue weighted by molar-refractivity contribution is 6.01. The molecular weight excluding hydrogens is 420 g/mol. The number of likely N-dealkylation sites (tertiary alicyclic amines) is 1. The van der Waals surface area contributed by atoms with E-state index in [2.05, 4.69) is 21.4 Å². The topological polar surface area (TPSA) is 122 Å². The van der Waals surface area contributed by atoms with Crippen molar-refractivity contribution in [3.8, 4) is 6.07 Å². The first-order valence-electron chi connectivity index (χ1n) is 11.4. The van der Waals surface area contributed by atoms with Gasteiger partial charge in [0, 0.05) is 37.1 Å². The summed E-state index contributed by atoms with van der Waals surface area (Å²) in [7, 11) is 0. The summed E-state index contributed by atoms with van der Waals surface area (Å²) in [5.74, 6) is 0.713. The number of amides is 2. The van der Waals surface area contributed by atoms with Crippen molar-refractivity contribution in [1.29, 1.82) is 5.26 Å². The molecule has 0 spiro atoms.